The summed E-state index contributed by atoms with van der Waals surface area (Å²) in [7, 11) is 0. The van der Waals surface area contributed by atoms with Crippen LogP contribution in [0.3, 0.4) is 0 Å². The van der Waals surface area contributed by atoms with E-state index in [1.807, 2.05) is 0 Å². The molecule has 0 saturated carbocycles. The van der Waals surface area contributed by atoms with E-state index in [-0.39, 0.29) is 0 Å². The minimum absolute atomic E-state index is 0.294. The Bertz CT molecular complexity index is 187. The summed E-state index contributed by atoms with van der Waals surface area (Å²) in [6.07, 6.45) is 7.82. The van der Waals surface area contributed by atoms with E-state index in [4.69, 9.17) is 5.73 Å². The number of nitrogens with two attached hydrogens (primary N) is 1. The van der Waals surface area contributed by atoms with Crippen molar-refractivity contribution in [2.45, 2.75) is 64.8 Å². The summed E-state index contributed by atoms with van der Waals surface area (Å²) in [5.41, 5.74) is 6.37. The number of nitrogens with zero attached hydrogens (tertiary/aromatic N) is 1. The molecule has 2 heteroatoms. The van der Waals surface area contributed by atoms with E-state index in [1.54, 1.807) is 0 Å². The van der Waals surface area contributed by atoms with Crippen molar-refractivity contribution in [1.29, 1.82) is 0 Å². The second-order valence-electron chi connectivity index (χ2n) is 5.39. The maximum absolute atomic E-state index is 6.08. The zero-order valence-electron chi connectivity index (χ0n) is 11.5. The summed E-state index contributed by atoms with van der Waals surface area (Å²) in [5.74, 6) is 0.906. The highest BCUT2D eigenvalue weighted by Gasteiger charge is 2.35. The third-order valence-corrected chi connectivity index (χ3v) is 4.52. The second kappa shape index (κ2) is 6.61. The maximum atomic E-state index is 6.08. The van der Waals surface area contributed by atoms with Gasteiger partial charge in [-0.1, -0.05) is 33.6 Å². The van der Waals surface area contributed by atoms with Crippen LogP contribution in [-0.2, 0) is 0 Å². The van der Waals surface area contributed by atoms with Crippen molar-refractivity contribution < 1.29 is 0 Å². The summed E-state index contributed by atoms with van der Waals surface area (Å²) >= 11 is 0. The average Bonchev–Trinajstić information content (AvgIpc) is 2.36. The van der Waals surface area contributed by atoms with Gasteiger partial charge in [-0.3, -0.25) is 4.90 Å². The number of likely N-dealkylation sites (tertiary alicyclic amines) is 1. The summed E-state index contributed by atoms with van der Waals surface area (Å²) in [4.78, 5) is 2.70. The molecule has 0 aliphatic carbocycles. The summed E-state index contributed by atoms with van der Waals surface area (Å²) in [6, 6.07) is 0. The Morgan fingerprint density at radius 3 is 2.56 bits per heavy atom. The van der Waals surface area contributed by atoms with Crippen molar-refractivity contribution in [2.24, 2.45) is 11.7 Å². The lowest BCUT2D eigenvalue weighted by Crippen LogP contribution is -2.56. The molecule has 16 heavy (non-hydrogen) atoms. The van der Waals surface area contributed by atoms with Crippen LogP contribution in [0, 0.1) is 5.92 Å². The van der Waals surface area contributed by atoms with Crippen LogP contribution in [0.4, 0.5) is 0 Å². The molecule has 0 aromatic heterocycles. The van der Waals surface area contributed by atoms with Crippen molar-refractivity contribution in [3.63, 3.8) is 0 Å². The Morgan fingerprint density at radius 2 is 2.06 bits per heavy atom. The smallest absolute Gasteiger partial charge is 0.0329 e. The van der Waals surface area contributed by atoms with Crippen LogP contribution in [0.2, 0.25) is 0 Å². The molecule has 0 radical (unpaired) electrons. The highest BCUT2D eigenvalue weighted by Crippen LogP contribution is 2.30. The molecule has 1 saturated heterocycles. The minimum atomic E-state index is 0.294. The first-order chi connectivity index (χ1) is 7.72. The van der Waals surface area contributed by atoms with Gasteiger partial charge in [0.05, 0.1) is 0 Å². The fraction of sp³-hybridized carbons (Fsp3) is 1.00. The molecule has 0 amide bonds. The van der Waals surface area contributed by atoms with E-state index >= 15 is 0 Å². The van der Waals surface area contributed by atoms with Gasteiger partial charge < -0.3 is 5.73 Å². The number of rotatable bonds is 6. The third-order valence-electron chi connectivity index (χ3n) is 4.52. The van der Waals surface area contributed by atoms with Crippen molar-refractivity contribution in [3.8, 4) is 0 Å². The number of piperidine rings is 1. The topological polar surface area (TPSA) is 29.3 Å². The first-order valence-corrected chi connectivity index (χ1v) is 7.17. The van der Waals surface area contributed by atoms with Crippen LogP contribution in [0.1, 0.15) is 59.3 Å². The van der Waals surface area contributed by atoms with Gasteiger partial charge in [0, 0.05) is 18.6 Å². The van der Waals surface area contributed by atoms with Crippen LogP contribution in [0.15, 0.2) is 0 Å². The van der Waals surface area contributed by atoms with Crippen LogP contribution in [0.5, 0.6) is 0 Å². The highest BCUT2D eigenvalue weighted by molar-refractivity contribution is 4.92. The molecule has 1 aliphatic heterocycles. The lowest BCUT2D eigenvalue weighted by molar-refractivity contribution is 0.0362. The largest absolute Gasteiger partial charge is 0.329 e. The number of hydrogen-bond acceptors (Lipinski definition) is 2. The highest BCUT2D eigenvalue weighted by atomic mass is 15.2. The molecule has 1 aliphatic rings. The standard InChI is InChI=1S/C14H30N2/c1-4-9-14(6-3,12-15)16-10-7-8-13(5-2)11-16/h13H,4-12,15H2,1-3H3. The van der Waals surface area contributed by atoms with E-state index in [0.717, 1.165) is 12.5 Å². The van der Waals surface area contributed by atoms with Crippen molar-refractivity contribution in [3.05, 3.63) is 0 Å². The van der Waals surface area contributed by atoms with Gasteiger partial charge in [0.2, 0.25) is 0 Å². The quantitative estimate of drug-likeness (QED) is 0.754. The molecule has 1 fully saturated rings. The van der Waals surface area contributed by atoms with Crippen molar-refractivity contribution >= 4 is 0 Å². The molecule has 96 valence electrons. The molecule has 0 bridgehead atoms. The lowest BCUT2D eigenvalue weighted by Gasteiger charge is -2.47. The molecule has 1 rings (SSSR count). The monoisotopic (exact) mass is 226 g/mol. The molecule has 2 unspecified atom stereocenters. The van der Waals surface area contributed by atoms with Gasteiger partial charge in [0.15, 0.2) is 0 Å². The fourth-order valence-electron chi connectivity index (χ4n) is 3.23. The minimum Gasteiger partial charge on any atom is -0.329 e. The summed E-state index contributed by atoms with van der Waals surface area (Å²) in [5, 5.41) is 0. The van der Waals surface area contributed by atoms with Crippen LogP contribution in [0.25, 0.3) is 0 Å². The first kappa shape index (κ1) is 14.0. The van der Waals surface area contributed by atoms with Gasteiger partial charge in [0.1, 0.15) is 0 Å². The molecule has 2 nitrogen and oxygen atoms in total. The SMILES string of the molecule is CCCC(CC)(CN)N1CCCC(CC)C1. The van der Waals surface area contributed by atoms with Crippen molar-refractivity contribution in [2.75, 3.05) is 19.6 Å². The molecule has 1 heterocycles. The first-order valence-electron chi connectivity index (χ1n) is 7.17. The van der Waals surface area contributed by atoms with E-state index in [2.05, 4.69) is 25.7 Å². The third kappa shape index (κ3) is 2.98. The maximum Gasteiger partial charge on any atom is 0.0329 e. The van der Waals surface area contributed by atoms with Gasteiger partial charge in [-0.25, -0.2) is 0 Å². The van der Waals surface area contributed by atoms with Crippen LogP contribution < -0.4 is 5.73 Å². The van der Waals surface area contributed by atoms with Gasteiger partial charge in [-0.15, -0.1) is 0 Å². The van der Waals surface area contributed by atoms with Crippen molar-refractivity contribution in [1.82, 2.24) is 4.90 Å². The van der Waals surface area contributed by atoms with E-state index < -0.39 is 0 Å². The Hall–Kier alpha value is -0.0800. The summed E-state index contributed by atoms with van der Waals surface area (Å²) in [6.45, 7) is 10.3. The molecule has 0 aromatic rings. The van der Waals surface area contributed by atoms with Crippen LogP contribution in [-0.4, -0.2) is 30.1 Å². The van der Waals surface area contributed by atoms with Gasteiger partial charge >= 0.3 is 0 Å². The molecule has 0 aromatic carbocycles. The Balaban J connectivity index is 2.69. The zero-order chi connectivity index (χ0) is 12.0. The van der Waals surface area contributed by atoms with Gasteiger partial charge in [-0.05, 0) is 38.1 Å². The van der Waals surface area contributed by atoms with Gasteiger partial charge in [-0.2, -0.15) is 0 Å². The zero-order valence-corrected chi connectivity index (χ0v) is 11.5. The predicted octanol–water partition coefficient (Wildman–Crippen LogP) is 3.02. The van der Waals surface area contributed by atoms with E-state index in [0.29, 0.717) is 5.54 Å². The molecule has 0 spiro atoms. The second-order valence-corrected chi connectivity index (χ2v) is 5.39. The number of hydrogen-bond donors (Lipinski definition) is 1. The molecule has 2 N–H and O–H groups in total. The normalized spacial score (nSPS) is 26.6. The average molecular weight is 226 g/mol. The van der Waals surface area contributed by atoms with Gasteiger partial charge in [0.25, 0.3) is 0 Å². The Kier molecular flexibility index (Phi) is 5.77. The molecular formula is C14H30N2. The van der Waals surface area contributed by atoms with E-state index in [1.165, 1.54) is 51.6 Å². The fourth-order valence-corrected chi connectivity index (χ4v) is 3.23. The molecule has 2 atom stereocenters. The lowest BCUT2D eigenvalue weighted by atomic mass is 9.84. The predicted molar refractivity (Wildman–Crippen MR) is 71.6 cm³/mol. The Morgan fingerprint density at radius 1 is 1.31 bits per heavy atom. The Labute approximate surface area is 102 Å². The molecular weight excluding hydrogens is 196 g/mol. The summed E-state index contributed by atoms with van der Waals surface area (Å²) < 4.78 is 0. The van der Waals surface area contributed by atoms with E-state index in [9.17, 15) is 0 Å². The van der Waals surface area contributed by atoms with Crippen LogP contribution >= 0.6 is 0 Å².